The zero-order valence-electron chi connectivity index (χ0n) is 18.4. The number of benzene rings is 2. The molecule has 2 aliphatic rings. The number of fused-ring (bicyclic) bond motifs is 1. The van der Waals surface area contributed by atoms with Gasteiger partial charge in [0.1, 0.15) is 6.26 Å². The zero-order chi connectivity index (χ0) is 21.2. The van der Waals surface area contributed by atoms with E-state index < -0.39 is 0 Å². The summed E-state index contributed by atoms with van der Waals surface area (Å²) in [7, 11) is 0. The second kappa shape index (κ2) is 8.60. The van der Waals surface area contributed by atoms with E-state index in [9.17, 15) is 0 Å². The Morgan fingerprint density at radius 2 is 1.97 bits per heavy atom. The van der Waals surface area contributed by atoms with E-state index in [0.29, 0.717) is 12.8 Å². The number of anilines is 2. The number of aryl methyl sites for hydroxylation is 1. The van der Waals surface area contributed by atoms with Gasteiger partial charge in [-0.05, 0) is 62.2 Å². The molecule has 5 rings (SSSR count). The first kappa shape index (κ1) is 19.9. The van der Waals surface area contributed by atoms with Crippen molar-refractivity contribution in [2.24, 2.45) is 0 Å². The first-order valence-electron chi connectivity index (χ1n) is 11.2. The van der Waals surface area contributed by atoms with Crippen LogP contribution in [-0.2, 0) is 11.2 Å². The fourth-order valence-electron chi connectivity index (χ4n) is 4.67. The average molecular weight is 415 g/mol. The van der Waals surface area contributed by atoms with Crippen LogP contribution in [0.3, 0.4) is 0 Å². The van der Waals surface area contributed by atoms with Crippen molar-refractivity contribution in [1.29, 1.82) is 0 Å². The summed E-state index contributed by atoms with van der Waals surface area (Å²) in [6.07, 6.45) is 4.81. The van der Waals surface area contributed by atoms with Gasteiger partial charge in [-0.25, -0.2) is 0 Å². The van der Waals surface area contributed by atoms with Crippen molar-refractivity contribution in [3.05, 3.63) is 78.3 Å². The van der Waals surface area contributed by atoms with Crippen molar-refractivity contribution in [1.82, 2.24) is 9.88 Å². The Morgan fingerprint density at radius 1 is 1.06 bits per heavy atom. The largest absolute Gasteiger partial charge is 0.479 e. The molecule has 0 spiro atoms. The molecule has 0 bridgehead atoms. The molecule has 5 heteroatoms. The van der Waals surface area contributed by atoms with Gasteiger partial charge in [0.2, 0.25) is 0 Å². The van der Waals surface area contributed by atoms with E-state index in [2.05, 4.69) is 83.1 Å². The summed E-state index contributed by atoms with van der Waals surface area (Å²) in [6.45, 7) is 9.27. The van der Waals surface area contributed by atoms with Crippen LogP contribution in [0.25, 0.3) is 10.9 Å². The molecule has 2 aliphatic heterocycles. The van der Waals surface area contributed by atoms with Gasteiger partial charge in [-0.2, -0.15) is 0 Å². The molecule has 1 fully saturated rings. The molecular weight excluding hydrogens is 384 g/mol. The minimum Gasteiger partial charge on any atom is -0.479 e. The maximum atomic E-state index is 5.33. The maximum absolute atomic E-state index is 5.33. The first-order valence-corrected chi connectivity index (χ1v) is 11.2. The van der Waals surface area contributed by atoms with Gasteiger partial charge < -0.3 is 14.5 Å². The standard InChI is InChI=1S/C26H30N4O/c1-20-9-10-24-25(27-20)7-4-8-26(24)29-14-13-28(21(2)18-29)12-11-22-5-3-6-23(17-22)30-15-16-31-19-30/h3-10,15-17,21H,11-14,18-19H2,1-2H3/t21-/m1/s1. The van der Waals surface area contributed by atoms with E-state index in [0.717, 1.165) is 43.8 Å². The van der Waals surface area contributed by atoms with Crippen LogP contribution in [0.5, 0.6) is 0 Å². The van der Waals surface area contributed by atoms with Crippen LogP contribution < -0.4 is 9.80 Å². The minimum absolute atomic E-state index is 0.514. The van der Waals surface area contributed by atoms with Crippen molar-refractivity contribution in [2.45, 2.75) is 26.3 Å². The molecule has 31 heavy (non-hydrogen) atoms. The summed E-state index contributed by atoms with van der Waals surface area (Å²) in [5.74, 6) is 0. The van der Waals surface area contributed by atoms with Gasteiger partial charge in [0, 0.05) is 60.9 Å². The number of rotatable bonds is 5. The van der Waals surface area contributed by atoms with Crippen LogP contribution in [0.4, 0.5) is 11.4 Å². The van der Waals surface area contributed by atoms with Crippen molar-refractivity contribution in [3.8, 4) is 0 Å². The van der Waals surface area contributed by atoms with E-state index in [1.807, 2.05) is 6.20 Å². The molecule has 2 aromatic carbocycles. The smallest absolute Gasteiger partial charge is 0.164 e. The summed E-state index contributed by atoms with van der Waals surface area (Å²) in [6, 6.07) is 20.1. The topological polar surface area (TPSA) is 31.8 Å². The summed E-state index contributed by atoms with van der Waals surface area (Å²) < 4.78 is 5.33. The lowest BCUT2D eigenvalue weighted by Crippen LogP contribution is -2.52. The molecule has 1 aromatic heterocycles. The predicted octanol–water partition coefficient (Wildman–Crippen LogP) is 4.56. The normalized spacial score (nSPS) is 19.2. The second-order valence-corrected chi connectivity index (χ2v) is 8.60. The predicted molar refractivity (Wildman–Crippen MR) is 127 cm³/mol. The number of hydrogen-bond donors (Lipinski definition) is 0. The van der Waals surface area contributed by atoms with Crippen LogP contribution in [-0.4, -0.2) is 48.8 Å². The van der Waals surface area contributed by atoms with Crippen molar-refractivity contribution < 1.29 is 4.74 Å². The summed E-state index contributed by atoms with van der Waals surface area (Å²) in [4.78, 5) is 12.0. The first-order chi connectivity index (χ1) is 15.2. The van der Waals surface area contributed by atoms with Crippen molar-refractivity contribution in [2.75, 3.05) is 42.7 Å². The number of nitrogens with zero attached hydrogens (tertiary/aromatic N) is 4. The third-order valence-corrected chi connectivity index (χ3v) is 6.43. The van der Waals surface area contributed by atoms with Gasteiger partial charge in [0.05, 0.1) is 5.52 Å². The quantitative estimate of drug-likeness (QED) is 0.611. The Morgan fingerprint density at radius 3 is 2.81 bits per heavy atom. The Balaban J connectivity index is 1.23. The fourth-order valence-corrected chi connectivity index (χ4v) is 4.67. The lowest BCUT2D eigenvalue weighted by Gasteiger charge is -2.41. The Bertz CT molecular complexity index is 1100. The van der Waals surface area contributed by atoms with Gasteiger partial charge in [-0.15, -0.1) is 0 Å². The molecule has 0 saturated carbocycles. The van der Waals surface area contributed by atoms with Gasteiger partial charge in [-0.3, -0.25) is 9.88 Å². The van der Waals surface area contributed by atoms with E-state index in [4.69, 9.17) is 9.72 Å². The highest BCUT2D eigenvalue weighted by Crippen LogP contribution is 2.28. The molecule has 0 unspecified atom stereocenters. The van der Waals surface area contributed by atoms with Crippen molar-refractivity contribution in [3.63, 3.8) is 0 Å². The van der Waals surface area contributed by atoms with Gasteiger partial charge >= 0.3 is 0 Å². The Hall–Kier alpha value is -3.05. The summed E-state index contributed by atoms with van der Waals surface area (Å²) >= 11 is 0. The van der Waals surface area contributed by atoms with Crippen LogP contribution in [0.15, 0.2) is 67.1 Å². The second-order valence-electron chi connectivity index (χ2n) is 8.60. The number of pyridine rings is 1. The molecule has 0 aliphatic carbocycles. The lowest BCUT2D eigenvalue weighted by molar-refractivity contribution is 0.192. The van der Waals surface area contributed by atoms with Gasteiger partial charge in [0.25, 0.3) is 0 Å². The van der Waals surface area contributed by atoms with Crippen LogP contribution in [0, 0.1) is 6.92 Å². The van der Waals surface area contributed by atoms with Gasteiger partial charge in [0.15, 0.2) is 6.73 Å². The Labute approximate surface area is 184 Å². The van der Waals surface area contributed by atoms with E-state index in [1.165, 1.54) is 22.3 Å². The van der Waals surface area contributed by atoms with Crippen LogP contribution in [0.1, 0.15) is 18.2 Å². The number of piperazine rings is 1. The molecule has 160 valence electrons. The van der Waals surface area contributed by atoms with Gasteiger partial charge in [-0.1, -0.05) is 18.2 Å². The minimum atomic E-state index is 0.514. The highest BCUT2D eigenvalue weighted by Gasteiger charge is 2.24. The third kappa shape index (κ3) is 4.23. The van der Waals surface area contributed by atoms with Crippen molar-refractivity contribution >= 4 is 22.3 Å². The summed E-state index contributed by atoms with van der Waals surface area (Å²) in [5, 5.41) is 1.26. The lowest BCUT2D eigenvalue weighted by atomic mass is 10.1. The zero-order valence-corrected chi connectivity index (χ0v) is 18.4. The summed E-state index contributed by atoms with van der Waals surface area (Å²) in [5.41, 5.74) is 6.04. The highest BCUT2D eigenvalue weighted by molar-refractivity contribution is 5.92. The molecule has 3 aromatic rings. The molecule has 5 nitrogen and oxygen atoms in total. The maximum Gasteiger partial charge on any atom is 0.164 e. The van der Waals surface area contributed by atoms with Crippen LogP contribution in [0.2, 0.25) is 0 Å². The number of hydrogen-bond acceptors (Lipinski definition) is 5. The molecule has 1 saturated heterocycles. The molecule has 1 atom stereocenters. The SMILES string of the molecule is Cc1ccc2c(N3CCN(CCc4cccc(N5C=COC5)c4)[C@H](C)C3)cccc2n1. The number of aromatic nitrogens is 1. The van der Waals surface area contributed by atoms with Crippen LogP contribution >= 0.6 is 0 Å². The molecule has 3 heterocycles. The highest BCUT2D eigenvalue weighted by atomic mass is 16.5. The average Bonchev–Trinajstić information content (AvgIpc) is 3.33. The number of ether oxygens (including phenoxy) is 1. The van der Waals surface area contributed by atoms with E-state index >= 15 is 0 Å². The monoisotopic (exact) mass is 414 g/mol. The Kier molecular flexibility index (Phi) is 5.51. The molecular formula is C26H30N4O. The molecule has 0 radical (unpaired) electrons. The molecule has 0 N–H and O–H groups in total. The van der Waals surface area contributed by atoms with E-state index in [-0.39, 0.29) is 0 Å². The molecule has 0 amide bonds. The fraction of sp³-hybridized carbons (Fsp3) is 0.346. The van der Waals surface area contributed by atoms with E-state index in [1.54, 1.807) is 6.26 Å². The third-order valence-electron chi connectivity index (χ3n) is 6.43.